The number of benzene rings is 3. The van der Waals surface area contributed by atoms with Crippen molar-refractivity contribution in [3.8, 4) is 0 Å². The number of Topliss-reactive ketones (excluding diaryl/α,β-unsaturated/α-hetero) is 1. The molecule has 0 spiro atoms. The fourth-order valence-electron chi connectivity index (χ4n) is 3.76. The van der Waals surface area contributed by atoms with Crippen LogP contribution in [0.15, 0.2) is 72.8 Å². The number of halogens is 1. The molecule has 0 fully saturated rings. The smallest absolute Gasteiger partial charge is 0.264 e. The Bertz CT molecular complexity index is 1090. The van der Waals surface area contributed by atoms with Crippen LogP contribution in [0.3, 0.4) is 0 Å². The van der Waals surface area contributed by atoms with Crippen LogP contribution in [0.5, 0.6) is 0 Å². The third-order valence-corrected chi connectivity index (χ3v) is 5.41. The molecule has 29 heavy (non-hydrogen) atoms. The monoisotopic (exact) mass is 389 g/mol. The number of anilines is 1. The summed E-state index contributed by atoms with van der Waals surface area (Å²) < 4.78 is 13.2. The van der Waals surface area contributed by atoms with Crippen LogP contribution in [0.1, 0.15) is 33.5 Å². The normalized spacial score (nSPS) is 18.0. The van der Waals surface area contributed by atoms with E-state index in [1.807, 2.05) is 31.2 Å². The van der Waals surface area contributed by atoms with Crippen molar-refractivity contribution >= 4 is 17.4 Å². The van der Waals surface area contributed by atoms with Crippen LogP contribution in [0.25, 0.3) is 0 Å². The Morgan fingerprint density at radius 2 is 1.66 bits per heavy atom. The van der Waals surface area contributed by atoms with Gasteiger partial charge in [0, 0.05) is 11.1 Å². The SMILES string of the molecule is Cc1ccccc1CN1C(=O)[C@@](O)(CC(=O)c2ccc(F)cc2)c2ccccc21. The highest BCUT2D eigenvalue weighted by atomic mass is 19.1. The molecule has 4 rings (SSSR count). The molecule has 0 aliphatic carbocycles. The maximum atomic E-state index is 13.3. The molecule has 146 valence electrons. The van der Waals surface area contributed by atoms with E-state index in [1.54, 1.807) is 24.3 Å². The van der Waals surface area contributed by atoms with E-state index in [0.29, 0.717) is 17.8 Å². The number of aryl methyl sites for hydroxylation is 1. The Balaban J connectivity index is 1.69. The number of para-hydroxylation sites is 1. The Labute approximate surface area is 168 Å². The second-order valence-electron chi connectivity index (χ2n) is 7.30. The average molecular weight is 389 g/mol. The highest BCUT2D eigenvalue weighted by Crippen LogP contribution is 2.43. The van der Waals surface area contributed by atoms with Gasteiger partial charge in [0.1, 0.15) is 5.82 Å². The molecular formula is C24H20FNO3. The molecule has 0 saturated carbocycles. The van der Waals surface area contributed by atoms with Crippen molar-refractivity contribution in [2.45, 2.75) is 25.5 Å². The first kappa shape index (κ1) is 19.0. The van der Waals surface area contributed by atoms with Crippen LogP contribution in [0.2, 0.25) is 0 Å². The van der Waals surface area contributed by atoms with Crippen LogP contribution in [-0.4, -0.2) is 16.8 Å². The van der Waals surface area contributed by atoms with E-state index in [-0.39, 0.29) is 5.56 Å². The molecule has 3 aromatic carbocycles. The minimum absolute atomic E-state index is 0.252. The summed E-state index contributed by atoms with van der Waals surface area (Å²) >= 11 is 0. The number of hydrogen-bond donors (Lipinski definition) is 1. The van der Waals surface area contributed by atoms with Crippen molar-refractivity contribution in [2.24, 2.45) is 0 Å². The summed E-state index contributed by atoms with van der Waals surface area (Å²) in [7, 11) is 0. The van der Waals surface area contributed by atoms with Crippen LogP contribution in [-0.2, 0) is 16.9 Å². The summed E-state index contributed by atoms with van der Waals surface area (Å²) in [6, 6.07) is 19.8. The molecule has 1 aliphatic rings. The minimum atomic E-state index is -1.95. The van der Waals surface area contributed by atoms with E-state index < -0.39 is 29.5 Å². The van der Waals surface area contributed by atoms with Gasteiger partial charge in [0.25, 0.3) is 5.91 Å². The highest BCUT2D eigenvalue weighted by Gasteiger charge is 2.50. The first-order valence-electron chi connectivity index (χ1n) is 9.37. The fraction of sp³-hybridized carbons (Fsp3) is 0.167. The minimum Gasteiger partial charge on any atom is -0.375 e. The molecule has 1 heterocycles. The molecule has 1 aliphatic heterocycles. The average Bonchev–Trinajstić information content (AvgIpc) is 2.92. The van der Waals surface area contributed by atoms with Gasteiger partial charge in [-0.15, -0.1) is 0 Å². The van der Waals surface area contributed by atoms with Crippen molar-refractivity contribution in [1.29, 1.82) is 0 Å². The first-order chi connectivity index (χ1) is 13.9. The molecule has 0 unspecified atom stereocenters. The summed E-state index contributed by atoms with van der Waals surface area (Å²) in [5, 5.41) is 11.3. The van der Waals surface area contributed by atoms with E-state index in [2.05, 4.69) is 0 Å². The number of carbonyl (C=O) groups is 2. The number of ketones is 1. The Kier molecular flexibility index (Phi) is 4.76. The van der Waals surface area contributed by atoms with Crippen molar-refractivity contribution in [3.05, 3.63) is 101 Å². The van der Waals surface area contributed by atoms with Crippen LogP contribution in [0.4, 0.5) is 10.1 Å². The van der Waals surface area contributed by atoms with Gasteiger partial charge < -0.3 is 10.0 Å². The molecule has 1 amide bonds. The second-order valence-corrected chi connectivity index (χ2v) is 7.30. The van der Waals surface area contributed by atoms with E-state index in [1.165, 1.54) is 29.2 Å². The second kappa shape index (κ2) is 7.26. The summed E-state index contributed by atoms with van der Waals surface area (Å²) in [5.74, 6) is -1.40. The number of carbonyl (C=O) groups excluding carboxylic acids is 2. The van der Waals surface area contributed by atoms with Gasteiger partial charge in [-0.3, -0.25) is 9.59 Å². The van der Waals surface area contributed by atoms with Crippen LogP contribution in [0, 0.1) is 12.7 Å². The summed E-state index contributed by atoms with van der Waals surface area (Å²) in [4.78, 5) is 27.5. The molecular weight excluding hydrogens is 369 g/mol. The Hall–Kier alpha value is -3.31. The molecule has 0 bridgehead atoms. The summed E-state index contributed by atoms with van der Waals surface area (Å²) in [6.45, 7) is 2.27. The van der Waals surface area contributed by atoms with Crippen molar-refractivity contribution in [1.82, 2.24) is 0 Å². The first-order valence-corrected chi connectivity index (χ1v) is 9.37. The molecule has 1 N–H and O–H groups in total. The molecule has 0 radical (unpaired) electrons. The third-order valence-electron chi connectivity index (χ3n) is 5.41. The predicted octanol–water partition coefficient (Wildman–Crippen LogP) is 4.14. The lowest BCUT2D eigenvalue weighted by atomic mass is 9.88. The van der Waals surface area contributed by atoms with Gasteiger partial charge in [-0.2, -0.15) is 0 Å². The van der Waals surface area contributed by atoms with Crippen LogP contribution < -0.4 is 4.90 Å². The van der Waals surface area contributed by atoms with Crippen molar-refractivity contribution in [2.75, 3.05) is 4.90 Å². The number of amides is 1. The fourth-order valence-corrected chi connectivity index (χ4v) is 3.76. The van der Waals surface area contributed by atoms with Gasteiger partial charge in [0.2, 0.25) is 0 Å². The zero-order chi connectivity index (χ0) is 20.6. The molecule has 0 saturated heterocycles. The molecule has 0 aromatic heterocycles. The lowest BCUT2D eigenvalue weighted by Gasteiger charge is -2.23. The van der Waals surface area contributed by atoms with Gasteiger partial charge in [0.15, 0.2) is 11.4 Å². The lowest BCUT2D eigenvalue weighted by Crippen LogP contribution is -2.41. The maximum Gasteiger partial charge on any atom is 0.264 e. The van der Waals surface area contributed by atoms with Crippen LogP contribution >= 0.6 is 0 Å². The van der Waals surface area contributed by atoms with E-state index in [0.717, 1.165) is 11.1 Å². The van der Waals surface area contributed by atoms with Crippen molar-refractivity contribution < 1.29 is 19.1 Å². The van der Waals surface area contributed by atoms with E-state index >= 15 is 0 Å². The zero-order valence-electron chi connectivity index (χ0n) is 15.9. The molecule has 4 nitrogen and oxygen atoms in total. The zero-order valence-corrected chi connectivity index (χ0v) is 15.9. The van der Waals surface area contributed by atoms with E-state index in [4.69, 9.17) is 0 Å². The van der Waals surface area contributed by atoms with Gasteiger partial charge in [0.05, 0.1) is 18.7 Å². The quantitative estimate of drug-likeness (QED) is 0.667. The number of aliphatic hydroxyl groups is 1. The van der Waals surface area contributed by atoms with Gasteiger partial charge in [-0.05, 0) is 48.4 Å². The van der Waals surface area contributed by atoms with E-state index in [9.17, 15) is 19.1 Å². The number of rotatable bonds is 5. The van der Waals surface area contributed by atoms with Gasteiger partial charge >= 0.3 is 0 Å². The Morgan fingerprint density at radius 3 is 2.38 bits per heavy atom. The Morgan fingerprint density at radius 1 is 1.00 bits per heavy atom. The summed E-state index contributed by atoms with van der Waals surface area (Å²) in [6.07, 6.45) is -0.404. The number of hydrogen-bond acceptors (Lipinski definition) is 3. The molecule has 5 heteroatoms. The predicted molar refractivity (Wildman–Crippen MR) is 108 cm³/mol. The maximum absolute atomic E-state index is 13.3. The van der Waals surface area contributed by atoms with Gasteiger partial charge in [-0.1, -0.05) is 42.5 Å². The highest BCUT2D eigenvalue weighted by molar-refractivity contribution is 6.10. The standard InChI is InChI=1S/C24H20FNO3/c1-16-6-2-3-7-18(16)15-26-21-9-5-4-8-20(21)24(29,23(26)28)14-22(27)17-10-12-19(25)13-11-17/h2-13,29H,14-15H2,1H3/t24-/m1/s1. The van der Waals surface area contributed by atoms with Gasteiger partial charge in [-0.25, -0.2) is 4.39 Å². The third kappa shape index (κ3) is 3.34. The largest absolute Gasteiger partial charge is 0.375 e. The summed E-state index contributed by atoms with van der Waals surface area (Å²) in [5.41, 5.74) is 1.30. The number of fused-ring (bicyclic) bond motifs is 1. The molecule has 3 aromatic rings. The molecule has 1 atom stereocenters. The van der Waals surface area contributed by atoms with Crippen molar-refractivity contribution in [3.63, 3.8) is 0 Å². The topological polar surface area (TPSA) is 57.6 Å². The lowest BCUT2D eigenvalue weighted by molar-refractivity contribution is -0.136. The number of nitrogens with zero attached hydrogens (tertiary/aromatic N) is 1.